The van der Waals surface area contributed by atoms with Crippen molar-refractivity contribution in [1.29, 1.82) is 0 Å². The number of nitrogens with zero attached hydrogens (tertiary/aromatic N) is 4. The van der Waals surface area contributed by atoms with Gasteiger partial charge in [0.25, 0.3) is 5.91 Å². The highest BCUT2D eigenvalue weighted by Crippen LogP contribution is 2.25. The van der Waals surface area contributed by atoms with E-state index in [-0.39, 0.29) is 5.91 Å². The number of benzene rings is 1. The number of carbonyl (C=O) groups excluding carboxylic acids is 1. The Hall–Kier alpha value is -2.43. The average Bonchev–Trinajstić information content (AvgIpc) is 2.80. The molecule has 0 spiro atoms. The van der Waals surface area contributed by atoms with Gasteiger partial charge in [-0.2, -0.15) is 0 Å². The molecule has 5 nitrogen and oxygen atoms in total. The lowest BCUT2D eigenvalue weighted by atomic mass is 9.90. The minimum Gasteiger partial charge on any atom is -0.338 e. The molecular weight excluding hydrogens is 360 g/mol. The molecule has 0 saturated carbocycles. The second-order valence-corrected chi connectivity index (χ2v) is 8.42. The summed E-state index contributed by atoms with van der Waals surface area (Å²) in [6.45, 7) is 4.84. The molecule has 2 fully saturated rings. The molecule has 0 aliphatic carbocycles. The normalized spacial score (nSPS) is 20.7. The number of piperidine rings is 2. The number of carbonyl (C=O) groups is 1. The van der Waals surface area contributed by atoms with Crippen molar-refractivity contribution in [1.82, 2.24) is 14.9 Å². The van der Waals surface area contributed by atoms with E-state index in [0.717, 1.165) is 51.3 Å². The first-order chi connectivity index (χ1) is 14.2. The Morgan fingerprint density at radius 3 is 2.59 bits per heavy atom. The van der Waals surface area contributed by atoms with Gasteiger partial charge < -0.3 is 9.80 Å². The van der Waals surface area contributed by atoms with E-state index in [2.05, 4.69) is 52.1 Å². The Bertz CT molecular complexity index is 802. The maximum atomic E-state index is 13.1. The van der Waals surface area contributed by atoms with Gasteiger partial charge in [0, 0.05) is 31.9 Å². The molecule has 5 heteroatoms. The molecule has 2 saturated heterocycles. The molecule has 2 aromatic rings. The summed E-state index contributed by atoms with van der Waals surface area (Å²) in [4.78, 5) is 26.5. The summed E-state index contributed by atoms with van der Waals surface area (Å²) in [7, 11) is 0. The zero-order valence-electron chi connectivity index (χ0n) is 17.5. The van der Waals surface area contributed by atoms with Crippen LogP contribution in [0, 0.1) is 5.92 Å². The van der Waals surface area contributed by atoms with Crippen molar-refractivity contribution in [3.05, 3.63) is 53.9 Å². The third kappa shape index (κ3) is 4.77. The lowest BCUT2D eigenvalue weighted by Crippen LogP contribution is -2.41. The van der Waals surface area contributed by atoms with Crippen LogP contribution in [0.4, 0.5) is 5.95 Å². The van der Waals surface area contributed by atoms with Gasteiger partial charge in [-0.05, 0) is 62.5 Å². The van der Waals surface area contributed by atoms with Gasteiger partial charge in [-0.15, -0.1) is 0 Å². The van der Waals surface area contributed by atoms with Crippen molar-refractivity contribution >= 4 is 11.9 Å². The second-order valence-electron chi connectivity index (χ2n) is 8.42. The van der Waals surface area contributed by atoms with Crippen molar-refractivity contribution in [2.75, 3.05) is 24.5 Å². The van der Waals surface area contributed by atoms with E-state index in [4.69, 9.17) is 0 Å². The summed E-state index contributed by atoms with van der Waals surface area (Å²) in [5.74, 6) is 1.43. The van der Waals surface area contributed by atoms with Crippen molar-refractivity contribution in [3.8, 4) is 0 Å². The fourth-order valence-corrected chi connectivity index (χ4v) is 4.74. The molecule has 1 atom stereocenters. The van der Waals surface area contributed by atoms with E-state index in [1.807, 2.05) is 4.90 Å². The maximum absolute atomic E-state index is 13.1. The number of hydrogen-bond acceptors (Lipinski definition) is 4. The number of hydrogen-bond donors (Lipinski definition) is 0. The SMILES string of the molecule is CCC1CCCCN1c1nccc(C(=O)N2CCC(Cc3ccccc3)CC2)n1. The van der Waals surface area contributed by atoms with Gasteiger partial charge in [0.05, 0.1) is 0 Å². The van der Waals surface area contributed by atoms with Crippen LogP contribution >= 0.6 is 0 Å². The molecule has 4 rings (SSSR count). The summed E-state index contributed by atoms with van der Waals surface area (Å²) < 4.78 is 0. The van der Waals surface area contributed by atoms with E-state index >= 15 is 0 Å². The van der Waals surface area contributed by atoms with Crippen LogP contribution < -0.4 is 4.90 Å². The Balaban J connectivity index is 1.37. The lowest BCUT2D eigenvalue weighted by molar-refractivity contribution is 0.0684. The Morgan fingerprint density at radius 1 is 1.03 bits per heavy atom. The smallest absolute Gasteiger partial charge is 0.272 e. The molecule has 154 valence electrons. The number of amides is 1. The van der Waals surface area contributed by atoms with Crippen LogP contribution in [0.1, 0.15) is 61.5 Å². The van der Waals surface area contributed by atoms with Gasteiger partial charge in [0.2, 0.25) is 5.95 Å². The summed E-state index contributed by atoms with van der Waals surface area (Å²) in [5, 5.41) is 0. The van der Waals surface area contributed by atoms with Gasteiger partial charge in [-0.3, -0.25) is 4.79 Å². The van der Waals surface area contributed by atoms with E-state index in [1.165, 1.54) is 24.8 Å². The first kappa shape index (κ1) is 19.9. The van der Waals surface area contributed by atoms with E-state index in [9.17, 15) is 4.79 Å². The topological polar surface area (TPSA) is 49.3 Å². The largest absolute Gasteiger partial charge is 0.338 e. The zero-order valence-corrected chi connectivity index (χ0v) is 17.5. The van der Waals surface area contributed by atoms with Crippen LogP contribution in [0.25, 0.3) is 0 Å². The molecule has 2 aliphatic heterocycles. The number of anilines is 1. The van der Waals surface area contributed by atoms with E-state index in [0.29, 0.717) is 17.7 Å². The fraction of sp³-hybridized carbons (Fsp3) is 0.542. The van der Waals surface area contributed by atoms with Gasteiger partial charge >= 0.3 is 0 Å². The van der Waals surface area contributed by atoms with Crippen LogP contribution in [0.15, 0.2) is 42.6 Å². The van der Waals surface area contributed by atoms with Crippen LogP contribution in [-0.2, 0) is 6.42 Å². The second kappa shape index (κ2) is 9.38. The number of rotatable bonds is 5. The predicted octanol–water partition coefficient (Wildman–Crippen LogP) is 4.34. The fourth-order valence-electron chi connectivity index (χ4n) is 4.74. The molecule has 0 N–H and O–H groups in total. The Labute approximate surface area is 174 Å². The van der Waals surface area contributed by atoms with Crippen LogP contribution in [-0.4, -0.2) is 46.5 Å². The highest BCUT2D eigenvalue weighted by Gasteiger charge is 2.27. The molecule has 0 bridgehead atoms. The predicted molar refractivity (Wildman–Crippen MR) is 116 cm³/mol. The third-order valence-corrected chi connectivity index (χ3v) is 6.49. The molecule has 1 amide bonds. The van der Waals surface area contributed by atoms with Crippen molar-refractivity contribution in [2.45, 2.75) is 57.9 Å². The van der Waals surface area contributed by atoms with Crippen LogP contribution in [0.3, 0.4) is 0 Å². The molecule has 1 aromatic heterocycles. The highest BCUT2D eigenvalue weighted by atomic mass is 16.2. The summed E-state index contributed by atoms with van der Waals surface area (Å²) in [6, 6.07) is 12.9. The molecule has 29 heavy (non-hydrogen) atoms. The van der Waals surface area contributed by atoms with E-state index in [1.54, 1.807) is 12.3 Å². The summed E-state index contributed by atoms with van der Waals surface area (Å²) in [5.41, 5.74) is 1.93. The summed E-state index contributed by atoms with van der Waals surface area (Å²) >= 11 is 0. The lowest BCUT2D eigenvalue weighted by Gasteiger charge is -2.35. The first-order valence-corrected chi connectivity index (χ1v) is 11.2. The van der Waals surface area contributed by atoms with Crippen molar-refractivity contribution in [2.24, 2.45) is 5.92 Å². The monoisotopic (exact) mass is 392 g/mol. The molecule has 3 heterocycles. The van der Waals surface area contributed by atoms with Gasteiger partial charge in [-0.1, -0.05) is 37.3 Å². The van der Waals surface area contributed by atoms with Gasteiger partial charge in [0.1, 0.15) is 5.69 Å². The average molecular weight is 393 g/mol. The van der Waals surface area contributed by atoms with Crippen molar-refractivity contribution < 1.29 is 4.79 Å². The highest BCUT2D eigenvalue weighted by molar-refractivity contribution is 5.92. The third-order valence-electron chi connectivity index (χ3n) is 6.49. The quantitative estimate of drug-likeness (QED) is 0.759. The first-order valence-electron chi connectivity index (χ1n) is 11.2. The molecule has 0 radical (unpaired) electrons. The minimum absolute atomic E-state index is 0.0527. The molecule has 1 aromatic carbocycles. The number of aromatic nitrogens is 2. The maximum Gasteiger partial charge on any atom is 0.272 e. The summed E-state index contributed by atoms with van der Waals surface area (Å²) in [6.07, 6.45) is 9.69. The zero-order chi connectivity index (χ0) is 20.1. The number of likely N-dealkylation sites (tertiary alicyclic amines) is 1. The van der Waals surface area contributed by atoms with Crippen LogP contribution in [0.2, 0.25) is 0 Å². The molecule has 2 aliphatic rings. The Kier molecular flexibility index (Phi) is 6.43. The van der Waals surface area contributed by atoms with Gasteiger partial charge in [-0.25, -0.2) is 9.97 Å². The molecular formula is C24H32N4O. The molecule has 1 unspecified atom stereocenters. The van der Waals surface area contributed by atoms with Crippen molar-refractivity contribution in [3.63, 3.8) is 0 Å². The van der Waals surface area contributed by atoms with E-state index < -0.39 is 0 Å². The minimum atomic E-state index is 0.0527. The standard InChI is InChI=1S/C24H32N4O/c1-2-21-10-6-7-15-28(21)24-25-14-11-22(26-24)23(29)27-16-12-20(13-17-27)18-19-8-4-3-5-9-19/h3-5,8-9,11,14,20-21H,2,6-7,10,12-13,15-18H2,1H3. The Morgan fingerprint density at radius 2 is 1.83 bits per heavy atom. The van der Waals surface area contributed by atoms with Gasteiger partial charge in [0.15, 0.2) is 0 Å². The van der Waals surface area contributed by atoms with Crippen LogP contribution in [0.5, 0.6) is 0 Å².